The Balaban J connectivity index is 1.30. The summed E-state index contributed by atoms with van der Waals surface area (Å²) in [6.07, 6.45) is 4.45. The van der Waals surface area contributed by atoms with Crippen molar-refractivity contribution in [3.63, 3.8) is 0 Å². The smallest absolute Gasteiger partial charge is 0.119 e. The first-order chi connectivity index (χ1) is 15.7. The number of hydrogen-bond acceptors (Lipinski definition) is 4. The van der Waals surface area contributed by atoms with E-state index < -0.39 is 0 Å². The molecular weight excluding hydrogens is 405 g/mol. The normalized spacial score (nSPS) is 24.7. The maximum atomic E-state index is 12.6. The molecule has 172 valence electrons. The number of halogens is 1. The number of aromatic hydroxyl groups is 1. The maximum Gasteiger partial charge on any atom is 0.119 e. The number of phenols is 1. The maximum absolute atomic E-state index is 12.6. The van der Waals surface area contributed by atoms with Crippen LogP contribution in [0.15, 0.2) is 42.5 Å². The second-order valence-electron chi connectivity index (χ2n) is 9.71. The van der Waals surface area contributed by atoms with Gasteiger partial charge in [-0.15, -0.1) is 0 Å². The van der Waals surface area contributed by atoms with Crippen molar-refractivity contribution in [1.29, 1.82) is 0 Å². The fourth-order valence-electron chi connectivity index (χ4n) is 5.93. The lowest BCUT2D eigenvalue weighted by molar-refractivity contribution is 0.0404. The van der Waals surface area contributed by atoms with Crippen molar-refractivity contribution < 1.29 is 19.0 Å². The fourth-order valence-corrected chi connectivity index (χ4v) is 5.93. The molecule has 4 nitrogen and oxygen atoms in total. The quantitative estimate of drug-likeness (QED) is 0.673. The van der Waals surface area contributed by atoms with Gasteiger partial charge in [-0.3, -0.25) is 9.29 Å². The van der Waals surface area contributed by atoms with Gasteiger partial charge >= 0.3 is 0 Å². The average molecular weight is 440 g/mol. The zero-order valence-electron chi connectivity index (χ0n) is 18.7. The molecule has 0 bridgehead atoms. The van der Waals surface area contributed by atoms with Gasteiger partial charge < -0.3 is 14.6 Å². The summed E-state index contributed by atoms with van der Waals surface area (Å²) in [6.45, 7) is 4.71. The molecule has 2 heterocycles. The van der Waals surface area contributed by atoms with Crippen molar-refractivity contribution in [3.05, 3.63) is 59.2 Å². The van der Waals surface area contributed by atoms with E-state index in [1.165, 1.54) is 16.7 Å². The van der Waals surface area contributed by atoms with E-state index in [4.69, 9.17) is 9.47 Å². The molecule has 5 heteroatoms. The number of benzene rings is 2. The highest BCUT2D eigenvalue weighted by Crippen LogP contribution is 2.47. The standard InChI is InChI=1S/C27H34FNO3/c28-16-19-17-29(18-19)11-14-32-24-5-1-21(2-6-24)27-25(20-9-12-31-13-10-20)7-3-22-15-23(30)4-8-26(22)27/h1-2,4-6,8,15,19-20,25,27,30H,3,7,9-14,16-18H2/t25-,27+/m0/s1. The minimum atomic E-state index is -0.211. The molecule has 1 aliphatic carbocycles. The average Bonchev–Trinajstić information content (AvgIpc) is 2.80. The number of likely N-dealkylation sites (tertiary alicyclic amines) is 1. The van der Waals surface area contributed by atoms with Gasteiger partial charge in [-0.2, -0.15) is 0 Å². The number of fused-ring (bicyclic) bond motifs is 1. The van der Waals surface area contributed by atoms with Crippen LogP contribution in [0.1, 0.15) is 41.9 Å². The Morgan fingerprint density at radius 1 is 1.03 bits per heavy atom. The lowest BCUT2D eigenvalue weighted by Crippen LogP contribution is -2.49. The molecule has 0 unspecified atom stereocenters. The van der Waals surface area contributed by atoms with Crippen LogP contribution in [0.3, 0.4) is 0 Å². The van der Waals surface area contributed by atoms with Gasteiger partial charge in [-0.05, 0) is 78.5 Å². The molecule has 2 aliphatic heterocycles. The number of alkyl halides is 1. The first-order valence-corrected chi connectivity index (χ1v) is 12.1. The molecule has 3 aliphatic rings. The second-order valence-corrected chi connectivity index (χ2v) is 9.71. The number of aryl methyl sites for hydroxylation is 1. The number of hydrogen-bond donors (Lipinski definition) is 1. The molecule has 0 radical (unpaired) electrons. The van der Waals surface area contributed by atoms with Gasteiger partial charge in [0.15, 0.2) is 0 Å². The van der Waals surface area contributed by atoms with Crippen LogP contribution >= 0.6 is 0 Å². The van der Waals surface area contributed by atoms with Crippen molar-refractivity contribution in [1.82, 2.24) is 4.90 Å². The lowest BCUT2D eigenvalue weighted by Gasteiger charge is -2.40. The van der Waals surface area contributed by atoms with Crippen molar-refractivity contribution in [2.45, 2.75) is 31.6 Å². The van der Waals surface area contributed by atoms with Crippen molar-refractivity contribution in [2.75, 3.05) is 46.1 Å². The van der Waals surface area contributed by atoms with Crippen LogP contribution in [0.25, 0.3) is 0 Å². The fraction of sp³-hybridized carbons (Fsp3) is 0.556. The van der Waals surface area contributed by atoms with Crippen LogP contribution in [0, 0.1) is 17.8 Å². The SMILES string of the molecule is Oc1ccc2c(c1)CC[C@@H](C1CCOCC1)[C@H]2c1ccc(OCCN2CC(CF)C2)cc1. The van der Waals surface area contributed by atoms with E-state index in [9.17, 15) is 9.50 Å². The molecule has 1 N–H and O–H groups in total. The van der Waals surface area contributed by atoms with Gasteiger partial charge in [-0.1, -0.05) is 18.2 Å². The van der Waals surface area contributed by atoms with Crippen molar-refractivity contribution in [3.8, 4) is 11.5 Å². The molecule has 2 saturated heterocycles. The Hall–Kier alpha value is -2.11. The first-order valence-electron chi connectivity index (χ1n) is 12.1. The molecule has 0 amide bonds. The minimum Gasteiger partial charge on any atom is -0.508 e. The highest BCUT2D eigenvalue weighted by molar-refractivity contribution is 5.45. The predicted molar refractivity (Wildman–Crippen MR) is 123 cm³/mol. The highest BCUT2D eigenvalue weighted by atomic mass is 19.1. The summed E-state index contributed by atoms with van der Waals surface area (Å²) in [4.78, 5) is 2.24. The lowest BCUT2D eigenvalue weighted by atomic mass is 9.65. The number of phenolic OH excluding ortho intramolecular Hbond substituents is 1. The zero-order valence-corrected chi connectivity index (χ0v) is 18.7. The van der Waals surface area contributed by atoms with Crippen molar-refractivity contribution in [2.24, 2.45) is 17.8 Å². The van der Waals surface area contributed by atoms with Gasteiger partial charge in [0.1, 0.15) is 18.1 Å². The molecule has 0 spiro atoms. The third kappa shape index (κ3) is 4.65. The molecule has 2 aromatic rings. The molecule has 2 aromatic carbocycles. The minimum absolute atomic E-state index is 0.211. The van der Waals surface area contributed by atoms with E-state index in [1.54, 1.807) is 0 Å². The molecule has 2 fully saturated rings. The highest BCUT2D eigenvalue weighted by Gasteiger charge is 2.36. The van der Waals surface area contributed by atoms with Gasteiger partial charge in [0.2, 0.25) is 0 Å². The van der Waals surface area contributed by atoms with Gasteiger partial charge in [0.05, 0.1) is 6.67 Å². The summed E-state index contributed by atoms with van der Waals surface area (Å²) >= 11 is 0. The third-order valence-corrected chi connectivity index (χ3v) is 7.67. The topological polar surface area (TPSA) is 41.9 Å². The predicted octanol–water partition coefficient (Wildman–Crippen LogP) is 4.79. The monoisotopic (exact) mass is 439 g/mol. The first kappa shape index (κ1) is 21.7. The molecule has 32 heavy (non-hydrogen) atoms. The largest absolute Gasteiger partial charge is 0.508 e. The van der Waals surface area contributed by atoms with Gasteiger partial charge in [0.25, 0.3) is 0 Å². The number of ether oxygens (including phenoxy) is 2. The van der Waals surface area contributed by atoms with E-state index in [1.807, 2.05) is 12.1 Å². The Morgan fingerprint density at radius 2 is 1.81 bits per heavy atom. The molecule has 5 rings (SSSR count). The van der Waals surface area contributed by atoms with Gasteiger partial charge in [0, 0.05) is 44.7 Å². The van der Waals surface area contributed by atoms with Gasteiger partial charge in [-0.25, -0.2) is 0 Å². The summed E-state index contributed by atoms with van der Waals surface area (Å²) in [7, 11) is 0. The molecular formula is C27H34FNO3. The van der Waals surface area contributed by atoms with Crippen LogP contribution in [-0.4, -0.2) is 56.1 Å². The number of rotatable bonds is 7. The molecule has 0 aromatic heterocycles. The summed E-state index contributed by atoms with van der Waals surface area (Å²) < 4.78 is 24.2. The number of nitrogens with zero attached hydrogens (tertiary/aromatic N) is 1. The second kappa shape index (κ2) is 9.80. The van der Waals surface area contributed by atoms with E-state index in [0.29, 0.717) is 30.1 Å². The van der Waals surface area contributed by atoms with Crippen LogP contribution in [0.2, 0.25) is 0 Å². The van der Waals surface area contributed by atoms with E-state index in [0.717, 1.165) is 64.3 Å². The Kier molecular flexibility index (Phi) is 6.65. The third-order valence-electron chi connectivity index (χ3n) is 7.67. The van der Waals surface area contributed by atoms with Crippen molar-refractivity contribution >= 4 is 0 Å². The molecule has 2 atom stereocenters. The Bertz CT molecular complexity index is 890. The van der Waals surface area contributed by atoms with E-state index in [2.05, 4.69) is 35.2 Å². The molecule has 0 saturated carbocycles. The zero-order chi connectivity index (χ0) is 21.9. The van der Waals surface area contributed by atoms with E-state index in [-0.39, 0.29) is 12.6 Å². The summed E-state index contributed by atoms with van der Waals surface area (Å²) in [5, 5.41) is 10.0. The summed E-state index contributed by atoms with van der Waals surface area (Å²) in [6, 6.07) is 14.5. The van der Waals surface area contributed by atoms with Crippen LogP contribution in [0.5, 0.6) is 11.5 Å². The summed E-state index contributed by atoms with van der Waals surface area (Å²) in [5.41, 5.74) is 3.97. The Morgan fingerprint density at radius 3 is 2.56 bits per heavy atom. The summed E-state index contributed by atoms with van der Waals surface area (Å²) in [5.74, 6) is 3.08. The van der Waals surface area contributed by atoms with Crippen LogP contribution in [-0.2, 0) is 11.2 Å². The Labute approximate surface area is 190 Å². The van der Waals surface area contributed by atoms with Crippen LogP contribution < -0.4 is 4.74 Å². The van der Waals surface area contributed by atoms with E-state index >= 15 is 0 Å². The van der Waals surface area contributed by atoms with Crippen LogP contribution in [0.4, 0.5) is 4.39 Å².